The number of rotatable bonds is 6. The van der Waals surface area contributed by atoms with E-state index in [0.717, 1.165) is 45.6 Å². The highest BCUT2D eigenvalue weighted by molar-refractivity contribution is 5.69. The van der Waals surface area contributed by atoms with Crippen molar-refractivity contribution in [1.29, 1.82) is 0 Å². The number of likely N-dealkylation sites (N-methyl/N-ethyl adjacent to an activating group) is 1. The lowest BCUT2D eigenvalue weighted by Crippen LogP contribution is -2.44. The van der Waals surface area contributed by atoms with Gasteiger partial charge in [-0.15, -0.1) is 0 Å². The minimum Gasteiger partial charge on any atom is -0.396 e. The number of benzene rings is 1. The van der Waals surface area contributed by atoms with Crippen molar-refractivity contribution in [2.24, 2.45) is 5.92 Å². The highest BCUT2D eigenvalue weighted by Gasteiger charge is 2.23. The zero-order valence-corrected chi connectivity index (χ0v) is 18.2. The first-order valence-electron chi connectivity index (χ1n) is 11.0. The number of hydrogen-bond acceptors (Lipinski definition) is 8. The van der Waals surface area contributed by atoms with E-state index in [0.29, 0.717) is 23.7 Å². The lowest BCUT2D eigenvalue weighted by atomic mass is 9.98. The summed E-state index contributed by atoms with van der Waals surface area (Å²) in [6.45, 7) is 4.80. The van der Waals surface area contributed by atoms with Crippen LogP contribution in [0.5, 0.6) is 0 Å². The maximum absolute atomic E-state index is 14.9. The molecule has 4 rings (SSSR count). The van der Waals surface area contributed by atoms with Crippen LogP contribution in [0.3, 0.4) is 0 Å². The van der Waals surface area contributed by atoms with E-state index in [1.807, 2.05) is 4.90 Å². The van der Waals surface area contributed by atoms with Gasteiger partial charge in [-0.1, -0.05) is 0 Å². The standard InChI is InChI=1S/C22H29FN6O3/c1-26-9-11-27(12-10-26)21-7-6-20(29(31)32)22(25-21)24-17-4-5-19(18(23)13-17)28-8-2-3-16(14-28)15-30/h4-7,13,16,30H,2-3,8-12,14-15H2,1H3,(H,24,25). The van der Waals surface area contributed by atoms with Gasteiger partial charge in [0.2, 0.25) is 5.82 Å². The van der Waals surface area contributed by atoms with Crippen LogP contribution >= 0.6 is 0 Å². The van der Waals surface area contributed by atoms with Crippen LogP contribution in [0.4, 0.5) is 33.1 Å². The Labute approximate surface area is 186 Å². The Morgan fingerprint density at radius 1 is 1.19 bits per heavy atom. The summed E-state index contributed by atoms with van der Waals surface area (Å²) >= 11 is 0. The second kappa shape index (κ2) is 9.66. The van der Waals surface area contributed by atoms with E-state index >= 15 is 0 Å². The number of piperazine rings is 1. The number of nitro groups is 1. The molecule has 10 heteroatoms. The number of aliphatic hydroxyl groups excluding tert-OH is 1. The third-order valence-corrected chi connectivity index (χ3v) is 6.21. The van der Waals surface area contributed by atoms with E-state index in [1.165, 1.54) is 12.1 Å². The minimum atomic E-state index is -0.490. The summed E-state index contributed by atoms with van der Waals surface area (Å²) in [6, 6.07) is 7.82. The quantitative estimate of drug-likeness (QED) is 0.519. The minimum absolute atomic E-state index is 0.0940. The molecule has 1 aromatic heterocycles. The highest BCUT2D eigenvalue weighted by atomic mass is 19.1. The van der Waals surface area contributed by atoms with E-state index in [-0.39, 0.29) is 24.0 Å². The summed E-state index contributed by atoms with van der Waals surface area (Å²) in [6.07, 6.45) is 1.84. The van der Waals surface area contributed by atoms with Gasteiger partial charge in [-0.05, 0) is 50.1 Å². The van der Waals surface area contributed by atoms with Crippen LogP contribution in [0.15, 0.2) is 30.3 Å². The van der Waals surface area contributed by atoms with Crippen LogP contribution in [0, 0.1) is 21.8 Å². The van der Waals surface area contributed by atoms with Gasteiger partial charge in [-0.2, -0.15) is 0 Å². The number of nitrogens with one attached hydrogen (secondary N) is 1. The Kier molecular flexibility index (Phi) is 6.71. The normalized spacial score (nSPS) is 19.8. The first kappa shape index (κ1) is 22.2. The number of hydrogen-bond donors (Lipinski definition) is 2. The molecule has 0 aliphatic carbocycles. The second-order valence-electron chi connectivity index (χ2n) is 8.51. The Hall–Kier alpha value is -2.98. The highest BCUT2D eigenvalue weighted by Crippen LogP contribution is 2.32. The number of aliphatic hydroxyl groups is 1. The van der Waals surface area contributed by atoms with E-state index in [9.17, 15) is 19.6 Å². The summed E-state index contributed by atoms with van der Waals surface area (Å²) in [5.41, 5.74) is 0.713. The number of piperidine rings is 1. The van der Waals surface area contributed by atoms with Crippen LogP contribution in [0.1, 0.15) is 12.8 Å². The predicted octanol–water partition coefficient (Wildman–Crippen LogP) is 2.83. The number of aromatic nitrogens is 1. The van der Waals surface area contributed by atoms with Crippen LogP contribution in [-0.4, -0.2) is 72.8 Å². The number of halogens is 1. The second-order valence-corrected chi connectivity index (χ2v) is 8.51. The van der Waals surface area contributed by atoms with Gasteiger partial charge in [0.25, 0.3) is 0 Å². The predicted molar refractivity (Wildman–Crippen MR) is 122 cm³/mol. The van der Waals surface area contributed by atoms with Gasteiger partial charge in [0, 0.05) is 57.6 Å². The Morgan fingerprint density at radius 2 is 1.97 bits per heavy atom. The monoisotopic (exact) mass is 444 g/mol. The molecule has 2 fully saturated rings. The van der Waals surface area contributed by atoms with E-state index in [1.54, 1.807) is 18.2 Å². The molecule has 0 spiro atoms. The van der Waals surface area contributed by atoms with Gasteiger partial charge in [0.1, 0.15) is 11.6 Å². The molecule has 0 bridgehead atoms. The molecule has 0 amide bonds. The summed E-state index contributed by atoms with van der Waals surface area (Å²) in [7, 11) is 2.06. The summed E-state index contributed by atoms with van der Waals surface area (Å²) in [4.78, 5) is 21.8. The molecule has 3 heterocycles. The molecule has 32 heavy (non-hydrogen) atoms. The van der Waals surface area contributed by atoms with E-state index < -0.39 is 10.7 Å². The summed E-state index contributed by atoms with van der Waals surface area (Å²) in [5, 5.41) is 23.9. The largest absolute Gasteiger partial charge is 0.396 e. The third-order valence-electron chi connectivity index (χ3n) is 6.21. The van der Waals surface area contributed by atoms with Crippen molar-refractivity contribution < 1.29 is 14.4 Å². The Morgan fingerprint density at radius 3 is 2.66 bits per heavy atom. The van der Waals surface area contributed by atoms with Crippen LogP contribution in [0.25, 0.3) is 0 Å². The lowest BCUT2D eigenvalue weighted by Gasteiger charge is -2.34. The maximum Gasteiger partial charge on any atom is 0.311 e. The van der Waals surface area contributed by atoms with Crippen molar-refractivity contribution in [3.8, 4) is 0 Å². The first-order chi connectivity index (χ1) is 15.4. The van der Waals surface area contributed by atoms with Crippen molar-refractivity contribution in [1.82, 2.24) is 9.88 Å². The van der Waals surface area contributed by atoms with Gasteiger partial charge >= 0.3 is 5.69 Å². The average Bonchev–Trinajstić information content (AvgIpc) is 2.79. The molecule has 0 radical (unpaired) electrons. The van der Waals surface area contributed by atoms with Crippen molar-refractivity contribution in [2.75, 3.05) is 68.0 Å². The Balaban J connectivity index is 1.55. The molecule has 2 saturated heterocycles. The van der Waals surface area contributed by atoms with Crippen LogP contribution in [-0.2, 0) is 0 Å². The topological polar surface area (TPSA) is 98.0 Å². The molecule has 2 aliphatic heterocycles. The molecular weight excluding hydrogens is 415 g/mol. The zero-order valence-electron chi connectivity index (χ0n) is 18.2. The average molecular weight is 445 g/mol. The van der Waals surface area contributed by atoms with Crippen molar-refractivity contribution in [3.63, 3.8) is 0 Å². The fourth-order valence-electron chi connectivity index (χ4n) is 4.30. The molecule has 1 unspecified atom stereocenters. The van der Waals surface area contributed by atoms with Gasteiger partial charge in [0.15, 0.2) is 0 Å². The van der Waals surface area contributed by atoms with Crippen molar-refractivity contribution >= 4 is 28.7 Å². The molecule has 2 aromatic rings. The smallest absolute Gasteiger partial charge is 0.311 e. The van der Waals surface area contributed by atoms with E-state index in [2.05, 4.69) is 27.1 Å². The Bertz CT molecular complexity index is 967. The number of nitrogens with zero attached hydrogens (tertiary/aromatic N) is 5. The number of anilines is 4. The fourth-order valence-corrected chi connectivity index (χ4v) is 4.30. The van der Waals surface area contributed by atoms with Gasteiger partial charge < -0.3 is 25.1 Å². The lowest BCUT2D eigenvalue weighted by molar-refractivity contribution is -0.384. The SMILES string of the molecule is CN1CCN(c2ccc([N+](=O)[O-])c(Nc3ccc(N4CCCC(CO)C4)c(F)c3)n2)CC1. The zero-order chi connectivity index (χ0) is 22.7. The van der Waals surface area contributed by atoms with Crippen LogP contribution in [0.2, 0.25) is 0 Å². The van der Waals surface area contributed by atoms with Crippen LogP contribution < -0.4 is 15.1 Å². The molecule has 2 N–H and O–H groups in total. The molecule has 2 aliphatic rings. The van der Waals surface area contributed by atoms with E-state index in [4.69, 9.17) is 0 Å². The molecular formula is C22H29FN6O3. The molecule has 172 valence electrons. The number of pyridine rings is 1. The molecule has 1 atom stereocenters. The third kappa shape index (κ3) is 4.91. The summed E-state index contributed by atoms with van der Waals surface area (Å²) in [5.74, 6) is 0.486. The first-order valence-corrected chi connectivity index (χ1v) is 11.0. The summed E-state index contributed by atoms with van der Waals surface area (Å²) < 4.78 is 14.9. The van der Waals surface area contributed by atoms with Gasteiger partial charge in [-0.25, -0.2) is 9.37 Å². The van der Waals surface area contributed by atoms with Gasteiger partial charge in [-0.3, -0.25) is 10.1 Å². The molecule has 1 aromatic carbocycles. The molecule has 0 saturated carbocycles. The van der Waals surface area contributed by atoms with Crippen molar-refractivity contribution in [3.05, 3.63) is 46.3 Å². The fraction of sp³-hybridized carbons (Fsp3) is 0.500. The van der Waals surface area contributed by atoms with Crippen molar-refractivity contribution in [2.45, 2.75) is 12.8 Å². The maximum atomic E-state index is 14.9. The molecule has 9 nitrogen and oxygen atoms in total. The van der Waals surface area contributed by atoms with Gasteiger partial charge in [0.05, 0.1) is 10.6 Å².